The summed E-state index contributed by atoms with van der Waals surface area (Å²) >= 11 is 18.1. The third-order valence-electron chi connectivity index (χ3n) is 4.89. The molecule has 0 heterocycles. The molecule has 0 bridgehead atoms. The molecule has 0 aromatic heterocycles. The number of halogens is 3. The minimum absolute atomic E-state index is 0.00113. The van der Waals surface area contributed by atoms with Gasteiger partial charge in [-0.3, -0.25) is 4.79 Å². The Hall–Kier alpha value is -1.70. The molecule has 9 heteroatoms. The Kier molecular flexibility index (Phi) is 12.3. The van der Waals surface area contributed by atoms with Crippen molar-refractivity contribution in [1.82, 2.24) is 0 Å². The van der Waals surface area contributed by atoms with Crippen LogP contribution in [0.3, 0.4) is 0 Å². The predicted molar refractivity (Wildman–Crippen MR) is 132 cm³/mol. The number of hydrogen-bond acceptors (Lipinski definition) is 6. The van der Waals surface area contributed by atoms with Gasteiger partial charge < -0.3 is 24.4 Å². The smallest absolute Gasteiger partial charge is 0.302 e. The van der Waals surface area contributed by atoms with E-state index < -0.39 is 23.6 Å². The molecule has 0 amide bonds. The van der Waals surface area contributed by atoms with Gasteiger partial charge in [-0.2, -0.15) is 0 Å². The summed E-state index contributed by atoms with van der Waals surface area (Å²) in [5.74, 6) is 0.310. The van der Waals surface area contributed by atoms with Gasteiger partial charge in [-0.25, -0.2) is 0 Å². The fourth-order valence-corrected chi connectivity index (χ4v) is 3.21. The number of esters is 1. The molecule has 1 rings (SSSR count). The molecule has 0 saturated heterocycles. The van der Waals surface area contributed by atoms with E-state index in [2.05, 4.69) is 6.58 Å². The molecule has 1 aromatic carbocycles. The molecular formula is C24H31Cl3O6. The number of hydrogen-bond donors (Lipinski definition) is 2. The van der Waals surface area contributed by atoms with Crippen LogP contribution >= 0.6 is 34.8 Å². The molecule has 0 unspecified atom stereocenters. The zero-order valence-electron chi connectivity index (χ0n) is 19.2. The summed E-state index contributed by atoms with van der Waals surface area (Å²) in [6, 6.07) is 7.42. The third-order valence-corrected chi connectivity index (χ3v) is 5.70. The highest BCUT2D eigenvalue weighted by molar-refractivity contribution is 6.36. The van der Waals surface area contributed by atoms with E-state index in [0.29, 0.717) is 5.75 Å². The number of carbonyl (C=O) groups excluding carboxylic acids is 1. The minimum atomic E-state index is -0.914. The molecule has 0 radical (unpaired) electrons. The molecule has 0 spiro atoms. The van der Waals surface area contributed by atoms with Crippen molar-refractivity contribution in [2.75, 3.05) is 25.7 Å². The monoisotopic (exact) mass is 520 g/mol. The lowest BCUT2D eigenvalue weighted by atomic mass is 9.78. The van der Waals surface area contributed by atoms with Crippen molar-refractivity contribution in [1.29, 1.82) is 0 Å². The molecule has 0 aliphatic rings. The maximum Gasteiger partial charge on any atom is 0.302 e. The first-order chi connectivity index (χ1) is 15.4. The highest BCUT2D eigenvalue weighted by Crippen LogP contribution is 2.34. The van der Waals surface area contributed by atoms with Crippen molar-refractivity contribution in [3.63, 3.8) is 0 Å². The number of carbonyl (C=O) groups is 1. The Morgan fingerprint density at radius 1 is 1.06 bits per heavy atom. The van der Waals surface area contributed by atoms with Crippen molar-refractivity contribution in [2.45, 2.75) is 45.3 Å². The minimum Gasteiger partial charge on any atom is -0.491 e. The lowest BCUT2D eigenvalue weighted by Gasteiger charge is -2.27. The maximum atomic E-state index is 10.8. The first kappa shape index (κ1) is 29.3. The molecule has 2 N–H and O–H groups in total. The van der Waals surface area contributed by atoms with E-state index in [0.717, 1.165) is 11.1 Å². The Labute approximate surface area is 210 Å². The highest BCUT2D eigenvalue weighted by atomic mass is 35.5. The number of allylic oxidation sites excluding steroid dienone is 4. The van der Waals surface area contributed by atoms with E-state index in [1.807, 2.05) is 32.9 Å². The molecule has 6 nitrogen and oxygen atoms in total. The molecule has 33 heavy (non-hydrogen) atoms. The van der Waals surface area contributed by atoms with Gasteiger partial charge in [-0.1, -0.05) is 61.3 Å². The van der Waals surface area contributed by atoms with Crippen molar-refractivity contribution < 1.29 is 29.2 Å². The summed E-state index contributed by atoms with van der Waals surface area (Å²) in [6.45, 7) is 10.8. The first-order valence-corrected chi connectivity index (χ1v) is 11.5. The molecule has 1 aromatic rings. The second-order valence-corrected chi connectivity index (χ2v) is 9.12. The normalized spacial score (nSPS) is 14.8. The average molecular weight is 522 g/mol. The Bertz CT molecular complexity index is 861. The van der Waals surface area contributed by atoms with Crippen LogP contribution < -0.4 is 4.74 Å². The van der Waals surface area contributed by atoms with Gasteiger partial charge >= 0.3 is 5.97 Å². The van der Waals surface area contributed by atoms with Gasteiger partial charge in [0.05, 0.1) is 15.9 Å². The number of ether oxygens (including phenoxy) is 3. The molecule has 0 aliphatic heterocycles. The quantitative estimate of drug-likeness (QED) is 0.164. The van der Waals surface area contributed by atoms with Crippen LogP contribution in [0.2, 0.25) is 0 Å². The van der Waals surface area contributed by atoms with Gasteiger partial charge in [0.2, 0.25) is 0 Å². The van der Waals surface area contributed by atoms with Gasteiger partial charge in [0.15, 0.2) is 5.76 Å². The lowest BCUT2D eigenvalue weighted by Crippen LogP contribution is -2.24. The second-order valence-electron chi connectivity index (χ2n) is 7.95. The fraction of sp³-hybridized carbons (Fsp3) is 0.458. The summed E-state index contributed by atoms with van der Waals surface area (Å²) in [5, 5.41) is 19.8. The first-order valence-electron chi connectivity index (χ1n) is 10.2. The molecule has 184 valence electrons. The Balaban J connectivity index is 2.93. The molecule has 0 fully saturated rings. The number of aliphatic hydroxyl groups excluding tert-OH is 2. The van der Waals surface area contributed by atoms with Gasteiger partial charge in [0, 0.05) is 12.3 Å². The average Bonchev–Trinajstić information content (AvgIpc) is 2.76. The van der Waals surface area contributed by atoms with Crippen molar-refractivity contribution >= 4 is 40.8 Å². The largest absolute Gasteiger partial charge is 0.491 e. The topological polar surface area (TPSA) is 85.2 Å². The number of benzene rings is 1. The van der Waals surface area contributed by atoms with Gasteiger partial charge in [0.1, 0.15) is 37.8 Å². The van der Waals surface area contributed by atoms with Crippen LogP contribution in [0.5, 0.6) is 5.75 Å². The molecule has 0 saturated carbocycles. The standard InChI is InChI=1S/C24H31Cl3O6/c1-15(10-22(27)23(16(2)26)33-12-19(29)11-25)24(4,5)18-6-8-21(9-7-18)32-14-20(30)13-31-17(3)28/h6-10,19-20,29-30H,2,11-14H2,1,3-5H3/b15-10+,23-22-/t19-,20-/m1/s1. The van der Waals surface area contributed by atoms with Gasteiger partial charge in [0.25, 0.3) is 0 Å². The van der Waals surface area contributed by atoms with E-state index in [-0.39, 0.29) is 41.5 Å². The number of rotatable bonds is 13. The zero-order chi connectivity index (χ0) is 25.2. The number of aliphatic hydroxyl groups is 2. The summed E-state index contributed by atoms with van der Waals surface area (Å²) < 4.78 is 15.8. The lowest BCUT2D eigenvalue weighted by molar-refractivity contribution is -0.144. The summed E-state index contributed by atoms with van der Waals surface area (Å²) in [4.78, 5) is 10.8. The second kappa shape index (κ2) is 13.9. The van der Waals surface area contributed by atoms with E-state index >= 15 is 0 Å². The zero-order valence-corrected chi connectivity index (χ0v) is 21.5. The summed E-state index contributed by atoms with van der Waals surface area (Å²) in [5.41, 5.74) is 1.52. The van der Waals surface area contributed by atoms with Gasteiger partial charge in [-0.15, -0.1) is 11.6 Å². The van der Waals surface area contributed by atoms with Crippen molar-refractivity contribution in [3.05, 3.63) is 63.9 Å². The molecule has 2 atom stereocenters. The van der Waals surface area contributed by atoms with Crippen LogP contribution in [-0.2, 0) is 19.7 Å². The SMILES string of the molecule is C=C(Cl)/C(OC[C@H](O)CCl)=C(Cl)\C=C(/C)C(C)(C)c1ccc(OC[C@H](O)COC(C)=O)cc1. The van der Waals surface area contributed by atoms with E-state index in [1.165, 1.54) is 6.92 Å². The predicted octanol–water partition coefficient (Wildman–Crippen LogP) is 5.03. The highest BCUT2D eigenvalue weighted by Gasteiger charge is 2.24. The summed E-state index contributed by atoms with van der Waals surface area (Å²) in [6.07, 6.45) is -0.0252. The van der Waals surface area contributed by atoms with Crippen molar-refractivity contribution in [3.8, 4) is 5.75 Å². The van der Waals surface area contributed by atoms with Crippen LogP contribution in [0, 0.1) is 0 Å². The Morgan fingerprint density at radius 3 is 2.15 bits per heavy atom. The van der Waals surface area contributed by atoms with Crippen LogP contribution in [0.1, 0.15) is 33.3 Å². The van der Waals surface area contributed by atoms with E-state index in [9.17, 15) is 15.0 Å². The third kappa shape index (κ3) is 9.98. The summed E-state index contributed by atoms with van der Waals surface area (Å²) in [7, 11) is 0. The van der Waals surface area contributed by atoms with Crippen LogP contribution in [0.15, 0.2) is 58.3 Å². The van der Waals surface area contributed by atoms with Crippen LogP contribution in [0.4, 0.5) is 0 Å². The van der Waals surface area contributed by atoms with E-state index in [1.54, 1.807) is 18.2 Å². The van der Waals surface area contributed by atoms with Crippen molar-refractivity contribution in [2.24, 2.45) is 0 Å². The Morgan fingerprint density at radius 2 is 1.64 bits per heavy atom. The van der Waals surface area contributed by atoms with Gasteiger partial charge in [-0.05, 0) is 30.7 Å². The van der Waals surface area contributed by atoms with Crippen LogP contribution in [0.25, 0.3) is 0 Å². The maximum absolute atomic E-state index is 10.8. The molecule has 0 aliphatic carbocycles. The fourth-order valence-electron chi connectivity index (χ4n) is 2.59. The van der Waals surface area contributed by atoms with E-state index in [4.69, 9.17) is 49.0 Å². The molecular weight excluding hydrogens is 491 g/mol. The number of alkyl halides is 1. The van der Waals surface area contributed by atoms with Crippen LogP contribution in [-0.4, -0.2) is 54.1 Å².